The van der Waals surface area contributed by atoms with E-state index in [9.17, 15) is 13.2 Å². The second-order valence-corrected chi connectivity index (χ2v) is 10.1. The van der Waals surface area contributed by atoms with Crippen molar-refractivity contribution in [2.45, 2.75) is 18.7 Å². The van der Waals surface area contributed by atoms with Crippen LogP contribution in [0.2, 0.25) is 5.02 Å². The molecule has 0 saturated heterocycles. The van der Waals surface area contributed by atoms with E-state index in [2.05, 4.69) is 9.88 Å². The van der Waals surface area contributed by atoms with Crippen molar-refractivity contribution in [2.75, 3.05) is 36.8 Å². The third-order valence-corrected chi connectivity index (χ3v) is 7.81. The molecule has 0 atom stereocenters. The fourth-order valence-corrected chi connectivity index (χ4v) is 5.61. The predicted octanol–water partition coefficient (Wildman–Crippen LogP) is 4.52. The van der Waals surface area contributed by atoms with Crippen molar-refractivity contribution in [3.05, 3.63) is 53.6 Å². The van der Waals surface area contributed by atoms with E-state index in [0.717, 1.165) is 17.8 Å². The standard InChI is InChI=1S/C21H24ClN3O3S2.ClH/c1-3-24(4-2)13-14-25(21-23-20-17(22)11-8-12-18(20)29-21)19(26)15-30(27,28)16-9-6-5-7-10-16;/h5-12H,3-4,13-15H2,1-2H3;1H. The number of para-hydroxylation sites is 1. The lowest BCUT2D eigenvalue weighted by atomic mass is 10.3. The first kappa shape index (κ1) is 25.5. The average Bonchev–Trinajstić information content (AvgIpc) is 3.17. The van der Waals surface area contributed by atoms with E-state index in [0.29, 0.717) is 28.8 Å². The van der Waals surface area contributed by atoms with E-state index < -0.39 is 21.5 Å². The normalized spacial score (nSPS) is 11.5. The molecule has 0 saturated carbocycles. The number of fused-ring (bicyclic) bond motifs is 1. The van der Waals surface area contributed by atoms with Crippen molar-refractivity contribution in [2.24, 2.45) is 0 Å². The summed E-state index contributed by atoms with van der Waals surface area (Å²) >= 11 is 7.58. The topological polar surface area (TPSA) is 70.6 Å². The molecule has 0 N–H and O–H groups in total. The maximum atomic E-state index is 13.1. The molecule has 0 bridgehead atoms. The molecule has 10 heteroatoms. The largest absolute Gasteiger partial charge is 0.302 e. The van der Waals surface area contributed by atoms with Crippen molar-refractivity contribution >= 4 is 66.4 Å². The van der Waals surface area contributed by atoms with Gasteiger partial charge in [-0.3, -0.25) is 9.69 Å². The number of rotatable bonds is 9. The maximum absolute atomic E-state index is 13.1. The minimum absolute atomic E-state index is 0. The summed E-state index contributed by atoms with van der Waals surface area (Å²) in [7, 11) is -3.75. The minimum Gasteiger partial charge on any atom is -0.302 e. The number of halogens is 2. The Kier molecular flexibility index (Phi) is 9.27. The number of carbonyl (C=O) groups excluding carboxylic acids is 1. The third kappa shape index (κ3) is 6.17. The lowest BCUT2D eigenvalue weighted by Gasteiger charge is -2.24. The van der Waals surface area contributed by atoms with Crippen molar-refractivity contribution in [3.63, 3.8) is 0 Å². The second-order valence-electron chi connectivity index (χ2n) is 6.73. The summed E-state index contributed by atoms with van der Waals surface area (Å²) in [6, 6.07) is 13.5. The van der Waals surface area contributed by atoms with Gasteiger partial charge in [-0.25, -0.2) is 13.4 Å². The molecule has 0 radical (unpaired) electrons. The number of anilines is 1. The fraction of sp³-hybridized carbons (Fsp3) is 0.333. The van der Waals surface area contributed by atoms with Gasteiger partial charge in [0.15, 0.2) is 15.0 Å². The van der Waals surface area contributed by atoms with Gasteiger partial charge < -0.3 is 4.90 Å². The molecule has 3 rings (SSSR count). The number of carbonyl (C=O) groups is 1. The fourth-order valence-electron chi connectivity index (χ4n) is 3.08. The van der Waals surface area contributed by atoms with Crippen LogP contribution in [0.15, 0.2) is 53.4 Å². The number of benzene rings is 2. The van der Waals surface area contributed by atoms with Crippen LogP contribution in [0.25, 0.3) is 10.2 Å². The summed E-state index contributed by atoms with van der Waals surface area (Å²) < 4.78 is 26.4. The van der Waals surface area contributed by atoms with Crippen LogP contribution in [0.5, 0.6) is 0 Å². The summed E-state index contributed by atoms with van der Waals surface area (Å²) in [5.41, 5.74) is 0.616. The zero-order valence-electron chi connectivity index (χ0n) is 17.3. The van der Waals surface area contributed by atoms with Gasteiger partial charge in [0.25, 0.3) is 0 Å². The SMILES string of the molecule is CCN(CC)CCN(C(=O)CS(=O)(=O)c1ccccc1)c1nc2c(Cl)cccc2s1.Cl. The lowest BCUT2D eigenvalue weighted by Crippen LogP contribution is -2.41. The van der Waals surface area contributed by atoms with Crippen LogP contribution in [0.1, 0.15) is 13.8 Å². The summed E-state index contributed by atoms with van der Waals surface area (Å²) in [5.74, 6) is -1.11. The number of amides is 1. The van der Waals surface area contributed by atoms with Gasteiger partial charge in [-0.2, -0.15) is 0 Å². The van der Waals surface area contributed by atoms with Crippen molar-refractivity contribution < 1.29 is 13.2 Å². The Morgan fingerprint density at radius 2 is 1.71 bits per heavy atom. The number of hydrogen-bond acceptors (Lipinski definition) is 6. The van der Waals surface area contributed by atoms with Gasteiger partial charge in [-0.1, -0.05) is 61.1 Å². The van der Waals surface area contributed by atoms with E-state index >= 15 is 0 Å². The highest BCUT2D eigenvalue weighted by atomic mass is 35.5. The van der Waals surface area contributed by atoms with E-state index in [1.165, 1.54) is 28.4 Å². The molecule has 1 heterocycles. The summed E-state index contributed by atoms with van der Waals surface area (Å²) in [4.78, 5) is 21.5. The highest BCUT2D eigenvalue weighted by molar-refractivity contribution is 7.92. The number of thiazole rings is 1. The highest BCUT2D eigenvalue weighted by Gasteiger charge is 2.27. The maximum Gasteiger partial charge on any atom is 0.244 e. The zero-order valence-corrected chi connectivity index (χ0v) is 20.5. The third-order valence-electron chi connectivity index (χ3n) is 4.84. The molecule has 2 aromatic carbocycles. The molecule has 0 spiro atoms. The van der Waals surface area contributed by atoms with Crippen LogP contribution < -0.4 is 4.90 Å². The Labute approximate surface area is 198 Å². The van der Waals surface area contributed by atoms with Gasteiger partial charge >= 0.3 is 0 Å². The highest BCUT2D eigenvalue weighted by Crippen LogP contribution is 2.33. The van der Waals surface area contributed by atoms with Crippen molar-refractivity contribution in [1.82, 2.24) is 9.88 Å². The molecule has 168 valence electrons. The van der Waals surface area contributed by atoms with Gasteiger partial charge in [0.1, 0.15) is 11.3 Å². The summed E-state index contributed by atoms with van der Waals surface area (Å²) in [5, 5.41) is 0.960. The van der Waals surface area contributed by atoms with Crippen molar-refractivity contribution in [1.29, 1.82) is 0 Å². The second kappa shape index (κ2) is 11.2. The van der Waals surface area contributed by atoms with Gasteiger partial charge in [-0.05, 0) is 37.4 Å². The smallest absolute Gasteiger partial charge is 0.244 e. The number of hydrogen-bond donors (Lipinski definition) is 0. The van der Waals surface area contributed by atoms with Crippen molar-refractivity contribution in [3.8, 4) is 0 Å². The first-order valence-corrected chi connectivity index (χ1v) is 12.6. The number of likely N-dealkylation sites (N-methyl/N-ethyl adjacent to an activating group) is 1. The Morgan fingerprint density at radius 3 is 2.32 bits per heavy atom. The summed E-state index contributed by atoms with van der Waals surface area (Å²) in [6.07, 6.45) is 0. The summed E-state index contributed by atoms with van der Waals surface area (Å²) in [6.45, 7) is 6.75. The molecule has 0 unspecified atom stereocenters. The van der Waals surface area contributed by atoms with Gasteiger partial charge in [0.2, 0.25) is 5.91 Å². The molecule has 0 fully saturated rings. The first-order valence-electron chi connectivity index (χ1n) is 9.71. The Hall–Kier alpha value is -1.71. The molecule has 0 aliphatic rings. The number of aromatic nitrogens is 1. The quantitative estimate of drug-likeness (QED) is 0.430. The first-order chi connectivity index (χ1) is 14.4. The van der Waals surface area contributed by atoms with Crippen LogP contribution in [-0.2, 0) is 14.6 Å². The van der Waals surface area contributed by atoms with Crippen LogP contribution in [0.3, 0.4) is 0 Å². The van der Waals surface area contributed by atoms with Gasteiger partial charge in [0, 0.05) is 13.1 Å². The lowest BCUT2D eigenvalue weighted by molar-refractivity contribution is -0.116. The van der Waals surface area contributed by atoms with Crippen LogP contribution in [0.4, 0.5) is 5.13 Å². The van der Waals surface area contributed by atoms with Crippen LogP contribution in [-0.4, -0.2) is 56.1 Å². The van der Waals surface area contributed by atoms with Crippen LogP contribution >= 0.6 is 35.3 Å². The monoisotopic (exact) mass is 501 g/mol. The number of nitrogens with zero attached hydrogens (tertiary/aromatic N) is 3. The van der Waals surface area contributed by atoms with E-state index in [1.54, 1.807) is 24.3 Å². The minimum atomic E-state index is -3.75. The molecule has 6 nitrogen and oxygen atoms in total. The van der Waals surface area contributed by atoms with Crippen LogP contribution in [0, 0.1) is 0 Å². The Morgan fingerprint density at radius 1 is 1.03 bits per heavy atom. The van der Waals surface area contributed by atoms with E-state index in [4.69, 9.17) is 11.6 Å². The zero-order chi connectivity index (χ0) is 21.7. The predicted molar refractivity (Wildman–Crippen MR) is 131 cm³/mol. The van der Waals surface area contributed by atoms with E-state index in [1.807, 2.05) is 26.0 Å². The molecule has 1 aromatic heterocycles. The molecule has 1 amide bonds. The molecular weight excluding hydrogens is 477 g/mol. The molecule has 0 aliphatic heterocycles. The molecule has 3 aromatic rings. The molecule has 31 heavy (non-hydrogen) atoms. The van der Waals surface area contributed by atoms with Gasteiger partial charge in [-0.15, -0.1) is 12.4 Å². The Bertz CT molecular complexity index is 1120. The average molecular weight is 502 g/mol. The number of sulfone groups is 1. The molecular formula is C21H25Cl2N3O3S2. The molecule has 0 aliphatic carbocycles. The Balaban J connectivity index is 0.00000341. The van der Waals surface area contributed by atoms with E-state index in [-0.39, 0.29) is 17.3 Å². The van der Waals surface area contributed by atoms with Gasteiger partial charge in [0.05, 0.1) is 14.6 Å².